The van der Waals surface area contributed by atoms with Gasteiger partial charge >= 0.3 is 10.4 Å². The van der Waals surface area contributed by atoms with Crippen LogP contribution in [-0.2, 0) is 10.4 Å². The Hall–Kier alpha value is -0.680. The SMILES string of the molecule is CCCCCCCCCCCCNCC#N.O=S(=O)(O)O. The zero-order chi connectivity index (χ0) is 16.4. The van der Waals surface area contributed by atoms with Gasteiger partial charge in [0.15, 0.2) is 0 Å². The van der Waals surface area contributed by atoms with Crippen LogP contribution in [0.1, 0.15) is 71.1 Å². The largest absolute Gasteiger partial charge is 0.394 e. The zero-order valence-corrected chi connectivity index (χ0v) is 13.9. The molecular formula is C14H30N2O4S. The van der Waals surface area contributed by atoms with E-state index in [1.165, 1.54) is 64.2 Å². The Morgan fingerprint density at radius 2 is 1.29 bits per heavy atom. The maximum Gasteiger partial charge on any atom is 0.394 e. The molecule has 0 aliphatic heterocycles. The van der Waals surface area contributed by atoms with Crippen molar-refractivity contribution in [3.05, 3.63) is 0 Å². The molecule has 0 aliphatic rings. The van der Waals surface area contributed by atoms with Crippen molar-refractivity contribution in [2.75, 3.05) is 13.1 Å². The van der Waals surface area contributed by atoms with Gasteiger partial charge in [-0.05, 0) is 13.0 Å². The van der Waals surface area contributed by atoms with Crippen LogP contribution in [0.4, 0.5) is 0 Å². The minimum Gasteiger partial charge on any atom is -0.304 e. The predicted molar refractivity (Wildman–Crippen MR) is 84.5 cm³/mol. The highest BCUT2D eigenvalue weighted by Gasteiger charge is 1.92. The molecule has 6 nitrogen and oxygen atoms in total. The number of nitrogens with one attached hydrogen (secondary N) is 1. The van der Waals surface area contributed by atoms with E-state index in [0.29, 0.717) is 6.54 Å². The fraction of sp³-hybridized carbons (Fsp3) is 0.929. The molecule has 21 heavy (non-hydrogen) atoms. The van der Waals surface area contributed by atoms with Crippen molar-refractivity contribution in [2.24, 2.45) is 0 Å². The van der Waals surface area contributed by atoms with Crippen LogP contribution in [0.25, 0.3) is 0 Å². The average Bonchev–Trinajstić information content (AvgIpc) is 2.38. The van der Waals surface area contributed by atoms with Gasteiger partial charge in [0.25, 0.3) is 0 Å². The summed E-state index contributed by atoms with van der Waals surface area (Å²) in [6.45, 7) is 3.77. The zero-order valence-electron chi connectivity index (χ0n) is 13.1. The van der Waals surface area contributed by atoms with Crippen molar-refractivity contribution < 1.29 is 17.5 Å². The molecular weight excluding hydrogens is 292 g/mol. The molecule has 0 unspecified atom stereocenters. The fourth-order valence-electron chi connectivity index (χ4n) is 1.88. The number of nitriles is 1. The van der Waals surface area contributed by atoms with Crippen molar-refractivity contribution in [3.8, 4) is 6.07 Å². The van der Waals surface area contributed by atoms with Crippen molar-refractivity contribution in [1.82, 2.24) is 5.32 Å². The van der Waals surface area contributed by atoms with Crippen LogP contribution in [0.15, 0.2) is 0 Å². The fourth-order valence-corrected chi connectivity index (χ4v) is 1.88. The quantitative estimate of drug-likeness (QED) is 0.289. The molecule has 126 valence electrons. The lowest BCUT2D eigenvalue weighted by Crippen LogP contribution is -2.14. The summed E-state index contributed by atoms with van der Waals surface area (Å²) < 4.78 is 31.6. The van der Waals surface area contributed by atoms with E-state index in [-0.39, 0.29) is 0 Å². The molecule has 0 saturated heterocycles. The molecule has 3 N–H and O–H groups in total. The number of hydrogen-bond donors (Lipinski definition) is 3. The Balaban J connectivity index is 0. The smallest absolute Gasteiger partial charge is 0.304 e. The van der Waals surface area contributed by atoms with Crippen LogP contribution in [0, 0.1) is 11.3 Å². The molecule has 0 aliphatic carbocycles. The maximum absolute atomic E-state index is 8.74. The van der Waals surface area contributed by atoms with Gasteiger partial charge in [-0.15, -0.1) is 0 Å². The first-order valence-corrected chi connectivity index (χ1v) is 9.09. The van der Waals surface area contributed by atoms with E-state index in [1.54, 1.807) is 0 Å². The molecule has 0 aromatic heterocycles. The molecule has 0 rings (SSSR count). The van der Waals surface area contributed by atoms with Crippen LogP contribution in [0.2, 0.25) is 0 Å². The van der Waals surface area contributed by atoms with Gasteiger partial charge in [0.05, 0.1) is 12.6 Å². The van der Waals surface area contributed by atoms with E-state index in [2.05, 4.69) is 18.3 Å². The number of unbranched alkanes of at least 4 members (excludes halogenated alkanes) is 9. The Morgan fingerprint density at radius 1 is 0.905 bits per heavy atom. The van der Waals surface area contributed by atoms with Gasteiger partial charge in [-0.3, -0.25) is 9.11 Å². The number of hydrogen-bond acceptors (Lipinski definition) is 4. The Morgan fingerprint density at radius 3 is 1.67 bits per heavy atom. The summed E-state index contributed by atoms with van der Waals surface area (Å²) in [7, 11) is -4.67. The van der Waals surface area contributed by atoms with Crippen molar-refractivity contribution in [1.29, 1.82) is 5.26 Å². The molecule has 0 heterocycles. The van der Waals surface area contributed by atoms with Crippen LogP contribution < -0.4 is 5.32 Å². The second-order valence-corrected chi connectivity index (χ2v) is 5.86. The highest BCUT2D eigenvalue weighted by Crippen LogP contribution is 2.10. The molecule has 7 heteroatoms. The Kier molecular flexibility index (Phi) is 18.7. The summed E-state index contributed by atoms with van der Waals surface area (Å²) in [6, 6.07) is 2.09. The minimum atomic E-state index is -4.67. The van der Waals surface area contributed by atoms with Crippen molar-refractivity contribution >= 4 is 10.4 Å². The van der Waals surface area contributed by atoms with Gasteiger partial charge < -0.3 is 5.32 Å². The predicted octanol–water partition coefficient (Wildman–Crippen LogP) is 3.37. The van der Waals surface area contributed by atoms with E-state index in [9.17, 15) is 0 Å². The highest BCUT2D eigenvalue weighted by molar-refractivity contribution is 7.79. The molecule has 0 bridgehead atoms. The van der Waals surface area contributed by atoms with Crippen LogP contribution in [0.5, 0.6) is 0 Å². The number of rotatable bonds is 12. The summed E-state index contributed by atoms with van der Waals surface area (Å²) in [5.74, 6) is 0. The van der Waals surface area contributed by atoms with Gasteiger partial charge in [-0.25, -0.2) is 0 Å². The van der Waals surface area contributed by atoms with Gasteiger partial charge in [0.1, 0.15) is 0 Å². The lowest BCUT2D eigenvalue weighted by molar-refractivity contribution is 0.381. The molecule has 0 aromatic rings. The lowest BCUT2D eigenvalue weighted by atomic mass is 10.1. The first-order chi connectivity index (χ1) is 9.91. The van der Waals surface area contributed by atoms with Crippen LogP contribution in [0.3, 0.4) is 0 Å². The topological polar surface area (TPSA) is 110 Å². The van der Waals surface area contributed by atoms with Crippen molar-refractivity contribution in [2.45, 2.75) is 71.1 Å². The summed E-state index contributed by atoms with van der Waals surface area (Å²) >= 11 is 0. The molecule has 0 atom stereocenters. The molecule has 0 fully saturated rings. The van der Waals surface area contributed by atoms with E-state index >= 15 is 0 Å². The summed E-state index contributed by atoms with van der Waals surface area (Å²) in [6.07, 6.45) is 13.7. The monoisotopic (exact) mass is 322 g/mol. The Bertz CT molecular complexity index is 331. The molecule has 0 saturated carbocycles. The van der Waals surface area contributed by atoms with E-state index in [1.807, 2.05) is 0 Å². The first kappa shape index (κ1) is 22.6. The van der Waals surface area contributed by atoms with Crippen LogP contribution in [-0.4, -0.2) is 30.6 Å². The second-order valence-electron chi connectivity index (χ2n) is 4.96. The third kappa shape index (κ3) is 38.2. The number of nitrogens with zero attached hydrogens (tertiary/aromatic N) is 1. The highest BCUT2D eigenvalue weighted by atomic mass is 32.3. The minimum absolute atomic E-state index is 0.497. The van der Waals surface area contributed by atoms with Gasteiger partial charge in [0, 0.05) is 0 Å². The average molecular weight is 322 g/mol. The maximum atomic E-state index is 8.74. The lowest BCUT2D eigenvalue weighted by Gasteiger charge is -2.02. The molecule has 0 radical (unpaired) electrons. The summed E-state index contributed by atoms with van der Waals surface area (Å²) in [5, 5.41) is 11.4. The summed E-state index contributed by atoms with van der Waals surface area (Å²) in [5.41, 5.74) is 0. The molecule has 0 amide bonds. The van der Waals surface area contributed by atoms with Crippen molar-refractivity contribution in [3.63, 3.8) is 0 Å². The summed E-state index contributed by atoms with van der Waals surface area (Å²) in [4.78, 5) is 0. The third-order valence-electron chi connectivity index (χ3n) is 2.91. The third-order valence-corrected chi connectivity index (χ3v) is 2.91. The standard InChI is InChI=1S/C14H28N2.H2O4S/c1-2-3-4-5-6-7-8-9-10-11-13-16-14-12-15;1-5(2,3)4/h16H,2-11,13-14H2,1H3;(H2,1,2,3,4). The second kappa shape index (κ2) is 17.4. The Labute approximate surface area is 129 Å². The molecule has 0 spiro atoms. The molecule has 0 aromatic carbocycles. The van der Waals surface area contributed by atoms with Gasteiger partial charge in [0.2, 0.25) is 0 Å². The van der Waals surface area contributed by atoms with E-state index < -0.39 is 10.4 Å². The first-order valence-electron chi connectivity index (χ1n) is 7.69. The normalized spacial score (nSPS) is 10.6. The van der Waals surface area contributed by atoms with E-state index in [4.69, 9.17) is 22.8 Å². The van der Waals surface area contributed by atoms with E-state index in [0.717, 1.165) is 6.54 Å². The van der Waals surface area contributed by atoms with Gasteiger partial charge in [-0.1, -0.05) is 64.7 Å². The van der Waals surface area contributed by atoms with Crippen LogP contribution >= 0.6 is 0 Å². The van der Waals surface area contributed by atoms with Gasteiger partial charge in [-0.2, -0.15) is 13.7 Å².